The fraction of sp³-hybridized carbons (Fsp3) is 0.480. The molecule has 28 heavy (non-hydrogen) atoms. The molecule has 0 bridgehead atoms. The van der Waals surface area contributed by atoms with Gasteiger partial charge in [-0.3, -0.25) is 4.79 Å². The van der Waals surface area contributed by atoms with Crippen LogP contribution in [-0.2, 0) is 24.1 Å². The number of aryl methyl sites for hydroxylation is 3. The number of fused-ring (bicyclic) bond motifs is 1. The van der Waals surface area contributed by atoms with E-state index in [1.807, 2.05) is 19.1 Å². The van der Waals surface area contributed by atoms with E-state index in [2.05, 4.69) is 49.5 Å². The van der Waals surface area contributed by atoms with Gasteiger partial charge in [0.2, 0.25) is 0 Å². The van der Waals surface area contributed by atoms with Crippen LogP contribution in [0.5, 0.6) is 5.75 Å². The molecule has 0 aliphatic heterocycles. The highest BCUT2D eigenvalue weighted by molar-refractivity contribution is 5.81. The third-order valence-corrected chi connectivity index (χ3v) is 5.77. The van der Waals surface area contributed by atoms with Gasteiger partial charge < -0.3 is 10.1 Å². The Hall–Kier alpha value is -2.29. The molecule has 0 saturated heterocycles. The van der Waals surface area contributed by atoms with Crippen molar-refractivity contribution in [3.8, 4) is 5.75 Å². The Labute approximate surface area is 169 Å². The average molecular weight is 380 g/mol. The van der Waals surface area contributed by atoms with E-state index >= 15 is 0 Å². The van der Waals surface area contributed by atoms with Crippen molar-refractivity contribution in [2.24, 2.45) is 0 Å². The summed E-state index contributed by atoms with van der Waals surface area (Å²) in [5.41, 5.74) is 5.40. The van der Waals surface area contributed by atoms with Gasteiger partial charge in [-0.05, 0) is 79.3 Å². The van der Waals surface area contributed by atoms with Crippen LogP contribution in [0.2, 0.25) is 0 Å². The molecule has 0 aromatic heterocycles. The predicted octanol–water partition coefficient (Wildman–Crippen LogP) is 5.55. The first-order chi connectivity index (χ1) is 13.6. The molecule has 3 nitrogen and oxygen atoms in total. The number of hydrogen-bond donors (Lipinski definition) is 1. The molecule has 0 saturated carbocycles. The predicted molar refractivity (Wildman–Crippen MR) is 115 cm³/mol. The molecule has 2 aromatic rings. The van der Waals surface area contributed by atoms with Crippen molar-refractivity contribution in [1.29, 1.82) is 0 Å². The summed E-state index contributed by atoms with van der Waals surface area (Å²) in [6.45, 7) is 6.24. The highest BCUT2D eigenvalue weighted by Gasteiger charge is 2.22. The van der Waals surface area contributed by atoms with Gasteiger partial charge in [-0.2, -0.15) is 0 Å². The zero-order valence-corrected chi connectivity index (χ0v) is 17.5. The summed E-state index contributed by atoms with van der Waals surface area (Å²) in [5.74, 6) is 0.715. The average Bonchev–Trinajstić information content (AvgIpc) is 2.75. The number of nitrogens with one attached hydrogen (secondary N) is 1. The molecule has 0 heterocycles. The van der Waals surface area contributed by atoms with Gasteiger partial charge >= 0.3 is 0 Å². The topological polar surface area (TPSA) is 38.3 Å². The van der Waals surface area contributed by atoms with E-state index in [1.54, 1.807) is 0 Å². The lowest BCUT2D eigenvalue weighted by atomic mass is 9.88. The molecule has 1 aliphatic rings. The summed E-state index contributed by atoms with van der Waals surface area (Å²) < 4.78 is 5.98. The molecule has 2 unspecified atom stereocenters. The van der Waals surface area contributed by atoms with Crippen LogP contribution in [0, 0.1) is 0 Å². The number of carbonyl (C=O) groups is 1. The molecule has 2 aromatic carbocycles. The van der Waals surface area contributed by atoms with Crippen molar-refractivity contribution in [1.82, 2.24) is 5.32 Å². The summed E-state index contributed by atoms with van der Waals surface area (Å²) in [6.07, 6.45) is 6.92. The maximum Gasteiger partial charge on any atom is 0.261 e. The Balaban J connectivity index is 1.67. The van der Waals surface area contributed by atoms with E-state index in [4.69, 9.17) is 4.74 Å². The SMILES string of the molecule is CCc1ccc(OC(CC)C(=O)NC(CC)c2ccc3c(c2)CCCC3)cc1. The van der Waals surface area contributed by atoms with Crippen LogP contribution in [0.15, 0.2) is 42.5 Å². The van der Waals surface area contributed by atoms with Crippen molar-refractivity contribution in [2.75, 3.05) is 0 Å². The quantitative estimate of drug-likeness (QED) is 0.653. The molecule has 1 N–H and O–H groups in total. The smallest absolute Gasteiger partial charge is 0.261 e. The second-order valence-corrected chi connectivity index (χ2v) is 7.72. The molecular weight excluding hydrogens is 346 g/mol. The number of amides is 1. The lowest BCUT2D eigenvalue weighted by molar-refractivity contribution is -0.128. The largest absolute Gasteiger partial charge is 0.481 e. The zero-order chi connectivity index (χ0) is 19.9. The Morgan fingerprint density at radius 3 is 2.32 bits per heavy atom. The van der Waals surface area contributed by atoms with Gasteiger partial charge in [-0.25, -0.2) is 0 Å². The van der Waals surface area contributed by atoms with Gasteiger partial charge in [0.1, 0.15) is 5.75 Å². The molecule has 0 fully saturated rings. The summed E-state index contributed by atoms with van der Waals surface area (Å²) in [5, 5.41) is 3.22. The molecule has 3 heteroatoms. The maximum absolute atomic E-state index is 12.9. The first-order valence-corrected chi connectivity index (χ1v) is 10.8. The second-order valence-electron chi connectivity index (χ2n) is 7.72. The van der Waals surface area contributed by atoms with Gasteiger partial charge in [-0.15, -0.1) is 0 Å². The zero-order valence-electron chi connectivity index (χ0n) is 17.5. The van der Waals surface area contributed by atoms with E-state index in [-0.39, 0.29) is 11.9 Å². The second kappa shape index (κ2) is 9.77. The number of carbonyl (C=O) groups excluding carboxylic acids is 1. The molecule has 150 valence electrons. The van der Waals surface area contributed by atoms with Crippen molar-refractivity contribution >= 4 is 5.91 Å². The molecular formula is C25H33NO2. The highest BCUT2D eigenvalue weighted by atomic mass is 16.5. The van der Waals surface area contributed by atoms with Gasteiger partial charge in [-0.1, -0.05) is 51.1 Å². The van der Waals surface area contributed by atoms with Crippen molar-refractivity contribution < 1.29 is 9.53 Å². The molecule has 0 radical (unpaired) electrons. The summed E-state index contributed by atoms with van der Waals surface area (Å²) in [4.78, 5) is 12.9. The Morgan fingerprint density at radius 2 is 1.68 bits per heavy atom. The van der Waals surface area contributed by atoms with Gasteiger partial charge in [0.25, 0.3) is 5.91 Å². The summed E-state index contributed by atoms with van der Waals surface area (Å²) in [7, 11) is 0. The van der Waals surface area contributed by atoms with E-state index in [0.29, 0.717) is 6.42 Å². The van der Waals surface area contributed by atoms with Gasteiger partial charge in [0.05, 0.1) is 6.04 Å². The Kier molecular flexibility index (Phi) is 7.13. The van der Waals surface area contributed by atoms with Crippen LogP contribution in [0.3, 0.4) is 0 Å². The fourth-order valence-electron chi connectivity index (χ4n) is 3.95. The number of rotatable bonds is 8. The van der Waals surface area contributed by atoms with Crippen LogP contribution in [0.1, 0.15) is 74.8 Å². The first-order valence-electron chi connectivity index (χ1n) is 10.8. The monoisotopic (exact) mass is 379 g/mol. The van der Waals surface area contributed by atoms with Gasteiger partial charge in [0.15, 0.2) is 6.10 Å². The van der Waals surface area contributed by atoms with E-state index in [1.165, 1.54) is 41.5 Å². The highest BCUT2D eigenvalue weighted by Crippen LogP contribution is 2.26. The third-order valence-electron chi connectivity index (χ3n) is 5.77. The van der Waals surface area contributed by atoms with E-state index in [9.17, 15) is 4.79 Å². The lowest BCUT2D eigenvalue weighted by Gasteiger charge is -2.24. The van der Waals surface area contributed by atoms with Gasteiger partial charge in [0, 0.05) is 0 Å². The number of ether oxygens (including phenoxy) is 1. The normalized spacial score (nSPS) is 15.4. The summed E-state index contributed by atoms with van der Waals surface area (Å²) in [6, 6.07) is 14.8. The molecule has 0 spiro atoms. The van der Waals surface area contributed by atoms with E-state index in [0.717, 1.165) is 25.0 Å². The van der Waals surface area contributed by atoms with E-state index < -0.39 is 6.10 Å². The van der Waals surface area contributed by atoms with Crippen LogP contribution in [-0.4, -0.2) is 12.0 Å². The minimum Gasteiger partial charge on any atom is -0.481 e. The molecule has 2 atom stereocenters. The standard InChI is InChI=1S/C25H33NO2/c1-4-18-11-15-22(16-12-18)28-24(6-3)25(27)26-23(5-2)21-14-13-19-9-7-8-10-20(19)17-21/h11-17,23-24H,4-10H2,1-3H3,(H,26,27). The van der Waals surface area contributed by atoms with Crippen LogP contribution in [0.4, 0.5) is 0 Å². The van der Waals surface area contributed by atoms with Crippen LogP contribution < -0.4 is 10.1 Å². The number of hydrogen-bond acceptors (Lipinski definition) is 2. The summed E-state index contributed by atoms with van der Waals surface area (Å²) >= 11 is 0. The minimum atomic E-state index is -0.473. The fourth-order valence-corrected chi connectivity index (χ4v) is 3.95. The Bertz CT molecular complexity index is 782. The third kappa shape index (κ3) is 4.95. The minimum absolute atomic E-state index is 0.0276. The van der Waals surface area contributed by atoms with Crippen LogP contribution in [0.25, 0.3) is 0 Å². The van der Waals surface area contributed by atoms with Crippen molar-refractivity contribution in [3.05, 3.63) is 64.7 Å². The molecule has 1 aliphatic carbocycles. The first kappa shape index (κ1) is 20.4. The molecule has 1 amide bonds. The lowest BCUT2D eigenvalue weighted by Crippen LogP contribution is -2.40. The maximum atomic E-state index is 12.9. The number of benzene rings is 2. The molecule has 3 rings (SSSR count). The van der Waals surface area contributed by atoms with Crippen molar-refractivity contribution in [2.45, 2.75) is 77.9 Å². The van der Waals surface area contributed by atoms with Crippen LogP contribution >= 0.6 is 0 Å². The Morgan fingerprint density at radius 1 is 0.964 bits per heavy atom. The van der Waals surface area contributed by atoms with Crippen molar-refractivity contribution in [3.63, 3.8) is 0 Å².